The fraction of sp³-hybridized carbons (Fsp3) is 0.588. The Labute approximate surface area is 132 Å². The molecule has 21 heavy (non-hydrogen) atoms. The number of carbonyl (C=O) groups is 1. The summed E-state index contributed by atoms with van der Waals surface area (Å²) >= 11 is 5.90. The number of halogens is 1. The van der Waals surface area contributed by atoms with Crippen LogP contribution in [0.15, 0.2) is 24.3 Å². The Bertz CT molecular complexity index is 452. The van der Waals surface area contributed by atoms with Gasteiger partial charge in [0.05, 0.1) is 0 Å². The van der Waals surface area contributed by atoms with E-state index < -0.39 is 0 Å². The molecule has 116 valence electrons. The molecule has 1 aromatic carbocycles. The van der Waals surface area contributed by atoms with Gasteiger partial charge in [-0.25, -0.2) is 0 Å². The maximum absolute atomic E-state index is 11.7. The normalized spacial score (nSPS) is 16.9. The van der Waals surface area contributed by atoms with Crippen molar-refractivity contribution in [3.63, 3.8) is 0 Å². The molecule has 0 atom stereocenters. The monoisotopic (exact) mass is 308 g/mol. The first-order chi connectivity index (χ1) is 10.1. The lowest BCUT2D eigenvalue weighted by atomic mass is 10.0. The van der Waals surface area contributed by atoms with Gasteiger partial charge in [-0.3, -0.25) is 4.79 Å². The first-order valence-electron chi connectivity index (χ1n) is 7.82. The van der Waals surface area contributed by atoms with Gasteiger partial charge in [0, 0.05) is 44.2 Å². The number of carbonyl (C=O) groups excluding carboxylic acids is 1. The fourth-order valence-corrected chi connectivity index (χ4v) is 3.05. The first kappa shape index (κ1) is 16.3. The number of rotatable bonds is 5. The molecule has 1 aliphatic rings. The molecule has 3 nitrogen and oxygen atoms in total. The van der Waals surface area contributed by atoms with E-state index in [0.717, 1.165) is 43.9 Å². The molecule has 0 N–H and O–H groups in total. The lowest BCUT2D eigenvalue weighted by molar-refractivity contribution is -0.132. The van der Waals surface area contributed by atoms with Crippen LogP contribution in [0, 0.1) is 0 Å². The van der Waals surface area contributed by atoms with Crippen LogP contribution in [-0.4, -0.2) is 48.4 Å². The summed E-state index contributed by atoms with van der Waals surface area (Å²) < 4.78 is 0. The summed E-state index contributed by atoms with van der Waals surface area (Å²) in [6, 6.07) is 8.53. The van der Waals surface area contributed by atoms with Gasteiger partial charge in [-0.05, 0) is 37.0 Å². The highest BCUT2D eigenvalue weighted by Crippen LogP contribution is 2.17. The van der Waals surface area contributed by atoms with Crippen LogP contribution >= 0.6 is 11.6 Å². The molecular weight excluding hydrogens is 284 g/mol. The Hall–Kier alpha value is -1.06. The molecule has 1 aromatic rings. The Kier molecular flexibility index (Phi) is 6.07. The third-order valence-electron chi connectivity index (χ3n) is 4.43. The summed E-state index contributed by atoms with van der Waals surface area (Å²) in [5.74, 6) is 0.259. The van der Waals surface area contributed by atoms with Crippen LogP contribution in [0.3, 0.4) is 0 Å². The average molecular weight is 309 g/mol. The number of hydrogen-bond donors (Lipinski definition) is 0. The van der Waals surface area contributed by atoms with Crippen molar-refractivity contribution < 1.29 is 4.79 Å². The predicted octanol–water partition coefficient (Wildman–Crippen LogP) is 3.22. The highest BCUT2D eigenvalue weighted by molar-refractivity contribution is 6.30. The number of piperidine rings is 1. The van der Waals surface area contributed by atoms with E-state index in [2.05, 4.69) is 17.0 Å². The topological polar surface area (TPSA) is 23.6 Å². The fourth-order valence-electron chi connectivity index (χ4n) is 2.92. The van der Waals surface area contributed by atoms with Gasteiger partial charge >= 0.3 is 0 Å². The molecule has 0 unspecified atom stereocenters. The van der Waals surface area contributed by atoms with Crippen LogP contribution in [0.5, 0.6) is 0 Å². The molecular formula is C17H25ClN2O. The molecule has 1 saturated heterocycles. The molecule has 0 aliphatic carbocycles. The second-order valence-electron chi connectivity index (χ2n) is 5.81. The van der Waals surface area contributed by atoms with E-state index in [1.165, 1.54) is 5.56 Å². The molecule has 1 aliphatic heterocycles. The van der Waals surface area contributed by atoms with Gasteiger partial charge in [-0.15, -0.1) is 0 Å². The lowest BCUT2D eigenvalue weighted by Gasteiger charge is -2.36. The minimum atomic E-state index is 0.259. The van der Waals surface area contributed by atoms with E-state index in [1.807, 2.05) is 31.0 Å². The van der Waals surface area contributed by atoms with Crippen LogP contribution in [0.4, 0.5) is 0 Å². The zero-order valence-corrected chi connectivity index (χ0v) is 13.8. The van der Waals surface area contributed by atoms with E-state index in [0.29, 0.717) is 12.5 Å². The third kappa shape index (κ3) is 4.72. The highest BCUT2D eigenvalue weighted by atomic mass is 35.5. The summed E-state index contributed by atoms with van der Waals surface area (Å²) in [6.45, 7) is 5.18. The lowest BCUT2D eigenvalue weighted by Crippen LogP contribution is -2.45. The smallest absolute Gasteiger partial charge is 0.222 e. The van der Waals surface area contributed by atoms with Gasteiger partial charge in [-0.1, -0.05) is 30.7 Å². The second kappa shape index (κ2) is 7.81. The van der Waals surface area contributed by atoms with E-state index in [9.17, 15) is 4.79 Å². The number of hydrogen-bond acceptors (Lipinski definition) is 2. The van der Waals surface area contributed by atoms with Gasteiger partial charge in [0.15, 0.2) is 0 Å². The number of nitrogens with zero attached hydrogens (tertiary/aromatic N) is 2. The molecule has 0 spiro atoms. The van der Waals surface area contributed by atoms with Crippen molar-refractivity contribution in [2.45, 2.75) is 38.6 Å². The molecule has 4 heteroatoms. The van der Waals surface area contributed by atoms with Crippen molar-refractivity contribution in [3.05, 3.63) is 34.9 Å². The Balaban J connectivity index is 1.74. The largest absolute Gasteiger partial charge is 0.343 e. The Morgan fingerprint density at radius 3 is 2.48 bits per heavy atom. The van der Waals surface area contributed by atoms with Gasteiger partial charge in [0.1, 0.15) is 0 Å². The van der Waals surface area contributed by atoms with E-state index in [-0.39, 0.29) is 5.91 Å². The number of benzene rings is 1. The molecule has 0 radical (unpaired) electrons. The van der Waals surface area contributed by atoms with Gasteiger partial charge in [0.25, 0.3) is 0 Å². The molecule has 1 heterocycles. The molecule has 0 saturated carbocycles. The maximum atomic E-state index is 11.7. The second-order valence-corrected chi connectivity index (χ2v) is 6.24. The molecule has 2 rings (SSSR count). The highest BCUT2D eigenvalue weighted by Gasteiger charge is 2.24. The van der Waals surface area contributed by atoms with Gasteiger partial charge in [-0.2, -0.15) is 0 Å². The summed E-state index contributed by atoms with van der Waals surface area (Å²) in [7, 11) is 1.94. The first-order valence-corrected chi connectivity index (χ1v) is 8.20. The molecule has 1 fully saturated rings. The zero-order chi connectivity index (χ0) is 15.2. The SMILES string of the molecule is CCC(=O)N(C)C1CCN(CCc2ccc(Cl)cc2)CC1. The van der Waals surface area contributed by atoms with Gasteiger partial charge in [0.2, 0.25) is 5.91 Å². The summed E-state index contributed by atoms with van der Waals surface area (Å²) in [6.07, 6.45) is 3.84. The predicted molar refractivity (Wildman–Crippen MR) is 87.7 cm³/mol. The summed E-state index contributed by atoms with van der Waals surface area (Å²) in [5, 5.41) is 0.795. The van der Waals surface area contributed by atoms with Crippen molar-refractivity contribution >= 4 is 17.5 Å². The number of amides is 1. The molecule has 0 aromatic heterocycles. The minimum Gasteiger partial charge on any atom is -0.343 e. The van der Waals surface area contributed by atoms with Crippen LogP contribution in [0.1, 0.15) is 31.7 Å². The quantitative estimate of drug-likeness (QED) is 0.834. The molecule has 0 bridgehead atoms. The van der Waals surface area contributed by atoms with Gasteiger partial charge < -0.3 is 9.80 Å². The van der Waals surface area contributed by atoms with Crippen molar-refractivity contribution in [1.29, 1.82) is 0 Å². The van der Waals surface area contributed by atoms with Crippen LogP contribution < -0.4 is 0 Å². The third-order valence-corrected chi connectivity index (χ3v) is 4.68. The Morgan fingerprint density at radius 1 is 1.29 bits per heavy atom. The average Bonchev–Trinajstić information content (AvgIpc) is 2.53. The van der Waals surface area contributed by atoms with Crippen molar-refractivity contribution in [3.8, 4) is 0 Å². The number of likely N-dealkylation sites (tertiary alicyclic amines) is 1. The summed E-state index contributed by atoms with van der Waals surface area (Å²) in [5.41, 5.74) is 1.33. The van der Waals surface area contributed by atoms with Crippen LogP contribution in [-0.2, 0) is 11.2 Å². The Morgan fingerprint density at radius 2 is 1.90 bits per heavy atom. The summed E-state index contributed by atoms with van der Waals surface area (Å²) in [4.78, 5) is 16.2. The van der Waals surface area contributed by atoms with Crippen LogP contribution in [0.25, 0.3) is 0 Å². The molecule has 1 amide bonds. The standard InChI is InChI=1S/C17H25ClN2O/c1-3-17(21)19(2)16-9-12-20(13-10-16)11-8-14-4-6-15(18)7-5-14/h4-7,16H,3,8-13H2,1-2H3. The van der Waals surface area contributed by atoms with Crippen molar-refractivity contribution in [2.75, 3.05) is 26.7 Å². The minimum absolute atomic E-state index is 0.259. The van der Waals surface area contributed by atoms with Crippen molar-refractivity contribution in [2.24, 2.45) is 0 Å². The zero-order valence-electron chi connectivity index (χ0n) is 13.0. The van der Waals surface area contributed by atoms with E-state index in [4.69, 9.17) is 11.6 Å². The van der Waals surface area contributed by atoms with E-state index >= 15 is 0 Å². The maximum Gasteiger partial charge on any atom is 0.222 e. The van der Waals surface area contributed by atoms with Crippen LogP contribution in [0.2, 0.25) is 5.02 Å². The van der Waals surface area contributed by atoms with Crippen molar-refractivity contribution in [1.82, 2.24) is 9.80 Å². The van der Waals surface area contributed by atoms with E-state index in [1.54, 1.807) is 0 Å².